The molecule has 1 amide bonds. The number of hydrogen-bond acceptors (Lipinski definition) is 8. The van der Waals surface area contributed by atoms with Gasteiger partial charge in [0.1, 0.15) is 10.3 Å². The van der Waals surface area contributed by atoms with Crippen molar-refractivity contribution in [1.29, 1.82) is 0 Å². The topological polar surface area (TPSA) is 119 Å². The van der Waals surface area contributed by atoms with E-state index in [2.05, 4.69) is 15.5 Å². The van der Waals surface area contributed by atoms with Gasteiger partial charge in [0.05, 0.1) is 10.6 Å². The van der Waals surface area contributed by atoms with Crippen molar-refractivity contribution >= 4 is 44.9 Å². The standard InChI is InChI=1S/C15H13ClN4O5S2/c16-11-5-6-12(26-11)27(22,23)20-7-1-3-9(20)13(21)17-15-19-18-14(25-15)10-4-2-8-24-10/h2,4-6,8-9H,1,3,7H2,(H,17,19,21)/t9-/m0/s1. The third-order valence-electron chi connectivity index (χ3n) is 4.00. The Bertz CT molecular complexity index is 1060. The predicted molar refractivity (Wildman–Crippen MR) is 96.9 cm³/mol. The van der Waals surface area contributed by atoms with Crippen LogP contribution in [-0.4, -0.2) is 41.4 Å². The molecule has 4 rings (SSSR count). The summed E-state index contributed by atoms with van der Waals surface area (Å²) < 4.78 is 37.7. The zero-order chi connectivity index (χ0) is 19.0. The quantitative estimate of drug-likeness (QED) is 0.663. The van der Waals surface area contributed by atoms with Gasteiger partial charge in [-0.15, -0.1) is 16.4 Å². The highest BCUT2D eigenvalue weighted by Gasteiger charge is 2.40. The molecular formula is C15H13ClN4O5S2. The van der Waals surface area contributed by atoms with E-state index >= 15 is 0 Å². The second kappa shape index (κ2) is 7.08. The molecule has 12 heteroatoms. The van der Waals surface area contributed by atoms with E-state index < -0.39 is 22.0 Å². The van der Waals surface area contributed by atoms with Gasteiger partial charge in [0, 0.05) is 6.54 Å². The molecule has 0 saturated carbocycles. The van der Waals surface area contributed by atoms with Gasteiger partial charge in [0.25, 0.3) is 15.9 Å². The number of rotatable bonds is 5. The van der Waals surface area contributed by atoms with Crippen molar-refractivity contribution < 1.29 is 22.0 Å². The van der Waals surface area contributed by atoms with Crippen molar-refractivity contribution in [2.75, 3.05) is 11.9 Å². The maximum atomic E-state index is 12.8. The summed E-state index contributed by atoms with van der Waals surface area (Å²) in [5.74, 6) is -0.0598. The summed E-state index contributed by atoms with van der Waals surface area (Å²) in [5, 5.41) is 10.0. The van der Waals surface area contributed by atoms with Gasteiger partial charge in [0.15, 0.2) is 5.76 Å². The van der Waals surface area contributed by atoms with E-state index in [1.54, 1.807) is 12.1 Å². The van der Waals surface area contributed by atoms with Crippen LogP contribution in [0.15, 0.2) is 43.6 Å². The molecule has 142 valence electrons. The Morgan fingerprint density at radius 3 is 2.89 bits per heavy atom. The monoisotopic (exact) mass is 428 g/mol. The summed E-state index contributed by atoms with van der Waals surface area (Å²) in [5.41, 5.74) is 0. The summed E-state index contributed by atoms with van der Waals surface area (Å²) in [6.45, 7) is 0.247. The first-order valence-corrected chi connectivity index (χ1v) is 10.5. The number of nitrogens with one attached hydrogen (secondary N) is 1. The van der Waals surface area contributed by atoms with Crippen LogP contribution in [0.25, 0.3) is 11.7 Å². The maximum absolute atomic E-state index is 12.8. The maximum Gasteiger partial charge on any atom is 0.322 e. The van der Waals surface area contributed by atoms with Crippen molar-refractivity contribution in [3.63, 3.8) is 0 Å². The molecule has 27 heavy (non-hydrogen) atoms. The summed E-state index contributed by atoms with van der Waals surface area (Å²) in [6.07, 6.45) is 2.41. The highest BCUT2D eigenvalue weighted by Crippen LogP contribution is 2.32. The van der Waals surface area contributed by atoms with Crippen LogP contribution < -0.4 is 5.32 Å². The number of carbonyl (C=O) groups excluding carboxylic acids is 1. The lowest BCUT2D eigenvalue weighted by molar-refractivity contribution is -0.119. The first-order valence-electron chi connectivity index (χ1n) is 7.90. The zero-order valence-electron chi connectivity index (χ0n) is 13.7. The van der Waals surface area contributed by atoms with Crippen LogP contribution in [0.4, 0.5) is 6.01 Å². The number of amides is 1. The number of anilines is 1. The Balaban J connectivity index is 1.51. The van der Waals surface area contributed by atoms with Crippen LogP contribution >= 0.6 is 22.9 Å². The average molecular weight is 429 g/mol. The van der Waals surface area contributed by atoms with E-state index in [1.165, 1.54) is 22.7 Å². The minimum atomic E-state index is -3.81. The van der Waals surface area contributed by atoms with Gasteiger partial charge < -0.3 is 8.83 Å². The molecule has 0 aromatic carbocycles. The number of furan rings is 1. The lowest BCUT2D eigenvalue weighted by atomic mass is 10.2. The predicted octanol–water partition coefficient (Wildman–Crippen LogP) is 2.84. The van der Waals surface area contributed by atoms with Crippen LogP contribution in [0.5, 0.6) is 0 Å². The minimum Gasteiger partial charge on any atom is -0.459 e. The van der Waals surface area contributed by atoms with E-state index in [1.807, 2.05) is 0 Å². The molecule has 1 saturated heterocycles. The molecule has 3 aromatic heterocycles. The number of sulfonamides is 1. The summed E-state index contributed by atoms with van der Waals surface area (Å²) in [4.78, 5) is 12.6. The molecule has 1 aliphatic heterocycles. The largest absolute Gasteiger partial charge is 0.459 e. The van der Waals surface area contributed by atoms with Gasteiger partial charge >= 0.3 is 6.01 Å². The Morgan fingerprint density at radius 2 is 2.19 bits per heavy atom. The number of thiophene rings is 1. The molecule has 0 radical (unpaired) electrons. The van der Waals surface area contributed by atoms with Gasteiger partial charge in [-0.05, 0) is 37.1 Å². The number of halogens is 1. The van der Waals surface area contributed by atoms with Crippen molar-refractivity contribution in [2.45, 2.75) is 23.1 Å². The van der Waals surface area contributed by atoms with Gasteiger partial charge in [-0.3, -0.25) is 10.1 Å². The number of nitrogens with zero attached hydrogens (tertiary/aromatic N) is 3. The Morgan fingerprint density at radius 1 is 1.33 bits per heavy atom. The molecular weight excluding hydrogens is 416 g/mol. The third kappa shape index (κ3) is 3.50. The molecule has 0 bridgehead atoms. The van der Waals surface area contributed by atoms with Crippen LogP contribution in [0.3, 0.4) is 0 Å². The fourth-order valence-corrected chi connectivity index (χ4v) is 6.07. The average Bonchev–Trinajstić information content (AvgIpc) is 3.40. The van der Waals surface area contributed by atoms with E-state index in [4.69, 9.17) is 20.4 Å². The van der Waals surface area contributed by atoms with E-state index in [-0.39, 0.29) is 22.7 Å². The molecule has 1 atom stereocenters. The number of aromatic nitrogens is 2. The van der Waals surface area contributed by atoms with E-state index in [9.17, 15) is 13.2 Å². The van der Waals surface area contributed by atoms with Gasteiger partial charge in [-0.1, -0.05) is 16.7 Å². The molecule has 3 aromatic rings. The minimum absolute atomic E-state index is 0.102. The fourth-order valence-electron chi connectivity index (χ4n) is 2.80. The molecule has 1 aliphatic rings. The van der Waals surface area contributed by atoms with Gasteiger partial charge in [0.2, 0.25) is 5.91 Å². The highest BCUT2D eigenvalue weighted by atomic mass is 35.5. The normalized spacial score (nSPS) is 18.0. The van der Waals surface area contributed by atoms with Crippen molar-refractivity contribution in [1.82, 2.24) is 14.5 Å². The third-order valence-corrected chi connectivity index (χ3v) is 7.61. The molecule has 4 heterocycles. The zero-order valence-corrected chi connectivity index (χ0v) is 16.1. The van der Waals surface area contributed by atoms with Crippen LogP contribution in [0.1, 0.15) is 12.8 Å². The number of carbonyl (C=O) groups is 1. The summed E-state index contributed by atoms with van der Waals surface area (Å²) in [7, 11) is -3.81. The van der Waals surface area contributed by atoms with E-state index in [0.29, 0.717) is 22.9 Å². The number of hydrogen-bond donors (Lipinski definition) is 1. The molecule has 1 fully saturated rings. The van der Waals surface area contributed by atoms with Crippen molar-refractivity contribution in [2.24, 2.45) is 0 Å². The molecule has 9 nitrogen and oxygen atoms in total. The lowest BCUT2D eigenvalue weighted by Crippen LogP contribution is -2.42. The van der Waals surface area contributed by atoms with Gasteiger partial charge in [-0.25, -0.2) is 8.42 Å². The first kappa shape index (κ1) is 18.2. The Labute approximate surface area is 163 Å². The SMILES string of the molecule is O=C(Nc1nnc(-c2ccco2)o1)[C@@H]1CCCN1S(=O)(=O)c1ccc(Cl)s1. The van der Waals surface area contributed by atoms with Crippen molar-refractivity contribution in [3.05, 3.63) is 34.9 Å². The highest BCUT2D eigenvalue weighted by molar-refractivity contribution is 7.91. The summed E-state index contributed by atoms with van der Waals surface area (Å²) >= 11 is 6.80. The van der Waals surface area contributed by atoms with Crippen LogP contribution in [0, 0.1) is 0 Å². The molecule has 0 aliphatic carbocycles. The molecule has 0 unspecified atom stereocenters. The van der Waals surface area contributed by atoms with Crippen molar-refractivity contribution in [3.8, 4) is 11.7 Å². The summed E-state index contributed by atoms with van der Waals surface area (Å²) in [6, 6.07) is 5.25. The fraction of sp³-hybridized carbons (Fsp3) is 0.267. The smallest absolute Gasteiger partial charge is 0.322 e. The van der Waals surface area contributed by atoms with Crippen LogP contribution in [-0.2, 0) is 14.8 Å². The van der Waals surface area contributed by atoms with Crippen LogP contribution in [0.2, 0.25) is 4.34 Å². The molecule has 0 spiro atoms. The Hall–Kier alpha value is -2.21. The first-order chi connectivity index (χ1) is 12.9. The van der Waals surface area contributed by atoms with E-state index in [0.717, 1.165) is 11.3 Å². The lowest BCUT2D eigenvalue weighted by Gasteiger charge is -2.21. The second-order valence-corrected chi connectivity index (χ2v) is 9.54. The molecule has 1 N–H and O–H groups in total. The van der Waals surface area contributed by atoms with Gasteiger partial charge in [-0.2, -0.15) is 4.31 Å². The second-order valence-electron chi connectivity index (χ2n) is 5.71. The Kier molecular flexibility index (Phi) is 4.76.